The molecule has 0 saturated heterocycles. The van der Waals surface area contributed by atoms with Crippen molar-refractivity contribution >= 4 is 11.6 Å². The molecule has 1 fully saturated rings. The Kier molecular flexibility index (Phi) is 5.75. The Morgan fingerprint density at radius 1 is 1.11 bits per heavy atom. The number of aromatic nitrogens is 10. The van der Waals surface area contributed by atoms with Crippen LogP contribution in [-0.2, 0) is 7.05 Å². The number of nitrogens with zero attached hydrogens (tertiary/aromatic N) is 10. The summed E-state index contributed by atoms with van der Waals surface area (Å²) in [6.07, 6.45) is 8.32. The van der Waals surface area contributed by atoms with Gasteiger partial charge in [-0.3, -0.25) is 9.67 Å². The Morgan fingerprint density at radius 2 is 1.95 bits per heavy atom. The summed E-state index contributed by atoms with van der Waals surface area (Å²) in [5, 5.41) is 22.9. The highest BCUT2D eigenvalue weighted by atomic mass is 35.5. The molecule has 37 heavy (non-hydrogen) atoms. The minimum absolute atomic E-state index is 0.0162. The van der Waals surface area contributed by atoms with E-state index in [4.69, 9.17) is 16.6 Å². The van der Waals surface area contributed by atoms with Crippen molar-refractivity contribution in [1.82, 2.24) is 50.0 Å². The van der Waals surface area contributed by atoms with E-state index in [1.807, 2.05) is 6.07 Å². The van der Waals surface area contributed by atoms with Crippen molar-refractivity contribution in [3.05, 3.63) is 71.7 Å². The average Bonchev–Trinajstić information content (AvgIpc) is 3.33. The predicted molar refractivity (Wildman–Crippen MR) is 130 cm³/mol. The quantitative estimate of drug-likeness (QED) is 0.314. The number of hydrogen-bond donors (Lipinski definition) is 0. The monoisotopic (exact) mass is 522 g/mol. The van der Waals surface area contributed by atoms with Gasteiger partial charge in [-0.25, -0.2) is 9.07 Å². The van der Waals surface area contributed by atoms with Crippen molar-refractivity contribution in [3.8, 4) is 28.1 Å². The second kappa shape index (κ2) is 9.11. The Hall–Kier alpha value is -4.06. The number of rotatable bonds is 7. The van der Waals surface area contributed by atoms with Gasteiger partial charge in [-0.1, -0.05) is 34.9 Å². The van der Waals surface area contributed by atoms with Crippen LogP contribution < -0.4 is 0 Å². The largest absolute Gasteiger partial charge is 0.263 e. The van der Waals surface area contributed by atoms with Gasteiger partial charge in [-0.15, -0.1) is 5.10 Å². The second-order valence-electron chi connectivity index (χ2n) is 9.27. The fourth-order valence-electron chi connectivity index (χ4n) is 4.68. The zero-order valence-electron chi connectivity index (χ0n) is 19.9. The zero-order valence-corrected chi connectivity index (χ0v) is 20.6. The highest BCUT2D eigenvalue weighted by Crippen LogP contribution is 2.45. The van der Waals surface area contributed by atoms with Gasteiger partial charge in [0.2, 0.25) is 0 Å². The molecule has 1 aliphatic carbocycles. The number of benzene rings is 1. The Bertz CT molecular complexity index is 1540. The molecule has 0 bridgehead atoms. The number of pyridine rings is 1. The number of hydrogen-bond acceptors (Lipinski definition) is 7. The van der Waals surface area contributed by atoms with Crippen molar-refractivity contribution in [2.24, 2.45) is 18.9 Å². The van der Waals surface area contributed by atoms with Gasteiger partial charge in [-0.2, -0.15) is 14.2 Å². The molecule has 0 radical (unpaired) electrons. The molecular weight excluding hydrogens is 502 g/mol. The molecule has 4 aromatic heterocycles. The lowest BCUT2D eigenvalue weighted by Gasteiger charge is -2.18. The smallest absolute Gasteiger partial charge is 0.260 e. The lowest BCUT2D eigenvalue weighted by Crippen LogP contribution is -2.14. The van der Waals surface area contributed by atoms with Gasteiger partial charge in [0, 0.05) is 36.1 Å². The van der Waals surface area contributed by atoms with E-state index in [0.717, 1.165) is 18.5 Å². The third-order valence-electron chi connectivity index (χ3n) is 6.87. The maximum Gasteiger partial charge on any atom is 0.260 e. The summed E-state index contributed by atoms with van der Waals surface area (Å²) in [6, 6.07) is 6.57. The molecule has 5 aromatic rings. The maximum absolute atomic E-state index is 15.2. The summed E-state index contributed by atoms with van der Waals surface area (Å²) >= 11 is 6.10. The number of aryl methyl sites for hydroxylation is 1. The van der Waals surface area contributed by atoms with Crippen molar-refractivity contribution in [1.29, 1.82) is 0 Å². The first kappa shape index (κ1) is 23.3. The minimum atomic E-state index is -0.654. The fraction of sp³-hybridized carbons (Fsp3) is 0.292. The van der Waals surface area contributed by atoms with Crippen LogP contribution in [0.15, 0.2) is 49.2 Å². The normalized spacial score (nSPS) is 17.8. The number of halogens is 3. The van der Waals surface area contributed by atoms with E-state index in [2.05, 4.69) is 37.9 Å². The van der Waals surface area contributed by atoms with E-state index in [-0.39, 0.29) is 22.3 Å². The summed E-state index contributed by atoms with van der Waals surface area (Å²) in [6.45, 7) is 2.21. The van der Waals surface area contributed by atoms with Crippen LogP contribution >= 0.6 is 11.6 Å². The Labute approximate surface area is 214 Å². The molecule has 0 amide bonds. The van der Waals surface area contributed by atoms with Crippen molar-refractivity contribution < 1.29 is 8.78 Å². The van der Waals surface area contributed by atoms with E-state index < -0.39 is 11.8 Å². The summed E-state index contributed by atoms with van der Waals surface area (Å²) in [5.41, 5.74) is 2.80. The highest BCUT2D eigenvalue weighted by Gasteiger charge is 2.36. The fourth-order valence-corrected chi connectivity index (χ4v) is 4.83. The lowest BCUT2D eigenvalue weighted by molar-refractivity contribution is 0.445. The van der Waals surface area contributed by atoms with Gasteiger partial charge in [0.15, 0.2) is 5.82 Å². The summed E-state index contributed by atoms with van der Waals surface area (Å²) in [4.78, 5) is 4.70. The second-order valence-corrected chi connectivity index (χ2v) is 9.67. The first-order valence-corrected chi connectivity index (χ1v) is 12.1. The Balaban J connectivity index is 1.37. The average molecular weight is 523 g/mol. The molecule has 1 saturated carbocycles. The van der Waals surface area contributed by atoms with Crippen molar-refractivity contribution in [3.63, 3.8) is 0 Å². The molecule has 6 rings (SSSR count). The van der Waals surface area contributed by atoms with Crippen LogP contribution in [0.4, 0.5) is 8.78 Å². The van der Waals surface area contributed by atoms with E-state index in [0.29, 0.717) is 28.7 Å². The van der Waals surface area contributed by atoms with Crippen LogP contribution in [0.1, 0.15) is 31.5 Å². The molecule has 0 aliphatic heterocycles. The SMILES string of the molecule is CC1CC1C[C@@H](c1ccc(-c2c(-n3cnnn3)ccc(Cl)c2F)cn1)n1cc(-c2c(F)nnn2C)cn1. The van der Waals surface area contributed by atoms with Crippen molar-refractivity contribution in [2.45, 2.75) is 25.8 Å². The molecule has 1 aromatic carbocycles. The first-order chi connectivity index (χ1) is 17.9. The molecule has 2 unspecified atom stereocenters. The van der Waals surface area contributed by atoms with Crippen molar-refractivity contribution in [2.75, 3.05) is 0 Å². The molecule has 4 heterocycles. The van der Waals surface area contributed by atoms with Gasteiger partial charge >= 0.3 is 0 Å². The standard InChI is InChI=1S/C24H21ClF2N10/c1-13-7-15(13)8-20(36-11-16(10-30-36)23-24(27)31-33-35(23)2)18-5-3-14(9-28-18)21-19(37-12-29-32-34-37)6-4-17(25)22(21)26/h3-6,9-13,15,20H,7-8H2,1-2H3/t13?,15?,20-/m0/s1. The predicted octanol–water partition coefficient (Wildman–Crippen LogP) is 4.28. The topological polar surface area (TPSA) is 105 Å². The summed E-state index contributed by atoms with van der Waals surface area (Å²) in [5.74, 6) is -0.0871. The molecule has 3 atom stereocenters. The highest BCUT2D eigenvalue weighted by molar-refractivity contribution is 6.31. The van der Waals surface area contributed by atoms with Gasteiger partial charge in [-0.05, 0) is 53.3 Å². The molecular formula is C24H21ClF2N10. The first-order valence-electron chi connectivity index (χ1n) is 11.7. The Morgan fingerprint density at radius 3 is 2.59 bits per heavy atom. The van der Waals surface area contributed by atoms with Gasteiger partial charge < -0.3 is 0 Å². The molecule has 13 heteroatoms. The lowest BCUT2D eigenvalue weighted by atomic mass is 10.0. The molecule has 0 spiro atoms. The van der Waals surface area contributed by atoms with Crippen LogP contribution in [0.25, 0.3) is 28.1 Å². The third kappa shape index (κ3) is 4.26. The van der Waals surface area contributed by atoms with Crippen LogP contribution in [0.3, 0.4) is 0 Å². The van der Waals surface area contributed by atoms with Crippen LogP contribution in [0.2, 0.25) is 5.02 Å². The minimum Gasteiger partial charge on any atom is -0.263 e. The zero-order chi connectivity index (χ0) is 25.7. The van der Waals surface area contributed by atoms with E-state index in [1.54, 1.807) is 42.5 Å². The van der Waals surface area contributed by atoms with E-state index >= 15 is 4.39 Å². The maximum atomic E-state index is 15.2. The van der Waals surface area contributed by atoms with Gasteiger partial charge in [0.1, 0.15) is 12.0 Å². The van der Waals surface area contributed by atoms with Crippen LogP contribution in [0, 0.1) is 23.6 Å². The molecule has 1 aliphatic rings. The summed E-state index contributed by atoms with van der Waals surface area (Å²) < 4.78 is 33.9. The third-order valence-corrected chi connectivity index (χ3v) is 7.16. The van der Waals surface area contributed by atoms with E-state index in [1.165, 1.54) is 21.8 Å². The summed E-state index contributed by atoms with van der Waals surface area (Å²) in [7, 11) is 1.63. The number of tetrazole rings is 1. The van der Waals surface area contributed by atoms with Gasteiger partial charge in [0.25, 0.3) is 5.95 Å². The van der Waals surface area contributed by atoms with E-state index in [9.17, 15) is 4.39 Å². The van der Waals surface area contributed by atoms with Gasteiger partial charge in [0.05, 0.1) is 28.6 Å². The molecule has 10 nitrogen and oxygen atoms in total. The van der Waals surface area contributed by atoms with Crippen LogP contribution in [-0.4, -0.2) is 50.0 Å². The van der Waals surface area contributed by atoms with Crippen LogP contribution in [0.5, 0.6) is 0 Å². The molecule has 188 valence electrons. The molecule has 0 N–H and O–H groups in total.